The lowest BCUT2D eigenvalue weighted by Crippen LogP contribution is -2.28. The number of nitrogens with zero attached hydrogens (tertiary/aromatic N) is 1. The monoisotopic (exact) mass is 375 g/mol. The lowest BCUT2D eigenvalue weighted by atomic mass is 10.1. The molecule has 6 nitrogen and oxygen atoms in total. The number of hydrogen-bond acceptors (Lipinski definition) is 3. The van der Waals surface area contributed by atoms with E-state index in [1.54, 1.807) is 11.8 Å². The van der Waals surface area contributed by atoms with Crippen LogP contribution in [0, 0.1) is 0 Å². The number of carbonyl (C=O) groups is 1. The maximum Gasteiger partial charge on any atom is 0.270 e. The Labute approximate surface area is 154 Å². The van der Waals surface area contributed by atoms with Gasteiger partial charge in [-0.3, -0.25) is 4.79 Å². The van der Waals surface area contributed by atoms with E-state index >= 15 is 0 Å². The van der Waals surface area contributed by atoms with Gasteiger partial charge in [0.25, 0.3) is 5.91 Å². The summed E-state index contributed by atoms with van der Waals surface area (Å²) in [4.78, 5) is 17.0. The van der Waals surface area contributed by atoms with Crippen LogP contribution in [0.25, 0.3) is 0 Å². The number of H-pyrrole nitrogens is 1. The van der Waals surface area contributed by atoms with Gasteiger partial charge in [-0.25, -0.2) is 13.1 Å². The van der Waals surface area contributed by atoms with Crippen molar-refractivity contribution in [3.05, 3.63) is 53.3 Å². The lowest BCUT2D eigenvalue weighted by Gasteiger charge is -2.14. The molecule has 0 spiro atoms. The molecule has 26 heavy (non-hydrogen) atoms. The van der Waals surface area contributed by atoms with Crippen molar-refractivity contribution >= 4 is 15.9 Å². The predicted molar refractivity (Wildman–Crippen MR) is 100 cm³/mol. The molecular weight excluding hydrogens is 350 g/mol. The summed E-state index contributed by atoms with van der Waals surface area (Å²) >= 11 is 0. The van der Waals surface area contributed by atoms with E-state index in [1.165, 1.54) is 17.8 Å². The van der Waals surface area contributed by atoms with Crippen LogP contribution in [-0.2, 0) is 16.4 Å². The fraction of sp³-hybridized carbons (Fsp3) is 0.421. The third-order valence-corrected chi connectivity index (χ3v) is 6.33. The first kappa shape index (κ1) is 18.7. The number of nitrogens with one attached hydrogen (secondary N) is 2. The van der Waals surface area contributed by atoms with Gasteiger partial charge in [0.05, 0.1) is 0 Å². The largest absolute Gasteiger partial charge is 0.356 e. The molecular formula is C19H25N3O3S. The Morgan fingerprint density at radius 2 is 1.88 bits per heavy atom. The molecule has 2 heterocycles. The third-order valence-electron chi connectivity index (χ3n) is 4.81. The Balaban J connectivity index is 1.72. The average Bonchev–Trinajstić information content (AvgIpc) is 3.33. The number of carbonyl (C=O) groups excluding carboxylic acids is 1. The molecule has 0 bridgehead atoms. The van der Waals surface area contributed by atoms with Gasteiger partial charge < -0.3 is 9.88 Å². The van der Waals surface area contributed by atoms with E-state index in [4.69, 9.17) is 0 Å². The number of aromatic nitrogens is 1. The SMILES string of the molecule is CCc1ccc(C(C)NS(=O)(=O)c2c[nH]c(C(=O)N3CCCC3)c2)cc1. The van der Waals surface area contributed by atoms with E-state index in [9.17, 15) is 13.2 Å². The predicted octanol–water partition coefficient (Wildman–Crippen LogP) is 2.85. The average molecular weight is 375 g/mol. The molecule has 1 aromatic carbocycles. The molecule has 1 atom stereocenters. The Bertz CT molecular complexity index is 866. The second-order valence-corrected chi connectivity index (χ2v) is 8.40. The van der Waals surface area contributed by atoms with Crippen LogP contribution in [0.4, 0.5) is 0 Å². The first-order valence-electron chi connectivity index (χ1n) is 8.99. The number of hydrogen-bond donors (Lipinski definition) is 2. The molecule has 0 radical (unpaired) electrons. The summed E-state index contributed by atoms with van der Waals surface area (Å²) in [7, 11) is -3.71. The summed E-state index contributed by atoms with van der Waals surface area (Å²) in [5, 5.41) is 0. The highest BCUT2D eigenvalue weighted by Crippen LogP contribution is 2.20. The van der Waals surface area contributed by atoms with Crippen molar-refractivity contribution in [1.29, 1.82) is 0 Å². The number of aryl methyl sites for hydroxylation is 1. The van der Waals surface area contributed by atoms with Crippen LogP contribution < -0.4 is 4.72 Å². The van der Waals surface area contributed by atoms with Crippen LogP contribution in [0.2, 0.25) is 0 Å². The smallest absolute Gasteiger partial charge is 0.270 e. The Hall–Kier alpha value is -2.12. The molecule has 2 N–H and O–H groups in total. The molecule has 3 rings (SSSR count). The fourth-order valence-corrected chi connectivity index (χ4v) is 4.38. The van der Waals surface area contributed by atoms with Gasteiger partial charge in [-0.15, -0.1) is 0 Å². The zero-order valence-electron chi connectivity index (χ0n) is 15.2. The number of benzene rings is 1. The molecule has 2 aromatic rings. The highest BCUT2D eigenvalue weighted by Gasteiger charge is 2.24. The van der Waals surface area contributed by atoms with Gasteiger partial charge in [0.15, 0.2) is 0 Å². The van der Waals surface area contributed by atoms with Gasteiger partial charge >= 0.3 is 0 Å². The second kappa shape index (κ2) is 7.63. The van der Waals surface area contributed by atoms with Gasteiger partial charge in [0, 0.05) is 25.3 Å². The Morgan fingerprint density at radius 3 is 2.50 bits per heavy atom. The van der Waals surface area contributed by atoms with Crippen LogP contribution in [0.5, 0.6) is 0 Å². The topological polar surface area (TPSA) is 82.3 Å². The molecule has 0 saturated carbocycles. The molecule has 0 aliphatic carbocycles. The van der Waals surface area contributed by atoms with Crippen molar-refractivity contribution in [2.45, 2.75) is 44.0 Å². The van der Waals surface area contributed by atoms with Crippen molar-refractivity contribution in [3.63, 3.8) is 0 Å². The zero-order chi connectivity index (χ0) is 18.7. The maximum atomic E-state index is 12.6. The number of likely N-dealkylation sites (tertiary alicyclic amines) is 1. The van der Waals surface area contributed by atoms with Crippen LogP contribution in [-0.4, -0.2) is 37.3 Å². The Morgan fingerprint density at radius 1 is 1.23 bits per heavy atom. The van der Waals surface area contributed by atoms with E-state index < -0.39 is 10.0 Å². The van der Waals surface area contributed by atoms with Gasteiger partial charge in [-0.1, -0.05) is 31.2 Å². The maximum absolute atomic E-state index is 12.6. The van der Waals surface area contributed by atoms with Crippen molar-refractivity contribution in [3.8, 4) is 0 Å². The molecule has 1 aromatic heterocycles. The number of amides is 1. The molecule has 7 heteroatoms. The first-order valence-corrected chi connectivity index (χ1v) is 10.5. The van der Waals surface area contributed by atoms with Crippen molar-refractivity contribution in [1.82, 2.24) is 14.6 Å². The summed E-state index contributed by atoms with van der Waals surface area (Å²) in [5.74, 6) is -0.146. The van der Waals surface area contributed by atoms with Crippen LogP contribution in [0.3, 0.4) is 0 Å². The molecule has 1 aliphatic rings. The van der Waals surface area contributed by atoms with Gasteiger partial charge in [0.2, 0.25) is 10.0 Å². The fourth-order valence-electron chi connectivity index (χ4n) is 3.15. The summed E-state index contributed by atoms with van der Waals surface area (Å²) in [6.07, 6.45) is 4.30. The quantitative estimate of drug-likeness (QED) is 0.814. The highest BCUT2D eigenvalue weighted by molar-refractivity contribution is 7.89. The van der Waals surface area contributed by atoms with Crippen molar-refractivity contribution < 1.29 is 13.2 Å². The van der Waals surface area contributed by atoms with Gasteiger partial charge in [-0.2, -0.15) is 0 Å². The normalized spacial score (nSPS) is 16.0. The summed E-state index contributed by atoms with van der Waals surface area (Å²) in [5.41, 5.74) is 2.42. The van der Waals surface area contributed by atoms with Crippen LogP contribution in [0.15, 0.2) is 41.4 Å². The van der Waals surface area contributed by atoms with Crippen LogP contribution >= 0.6 is 0 Å². The van der Waals surface area contributed by atoms with E-state index in [-0.39, 0.29) is 16.8 Å². The molecule has 1 unspecified atom stereocenters. The van der Waals surface area contributed by atoms with Gasteiger partial charge in [-0.05, 0) is 43.4 Å². The minimum absolute atomic E-state index is 0.0806. The van der Waals surface area contributed by atoms with E-state index in [2.05, 4.69) is 16.6 Å². The van der Waals surface area contributed by atoms with E-state index in [1.807, 2.05) is 24.3 Å². The highest BCUT2D eigenvalue weighted by atomic mass is 32.2. The minimum Gasteiger partial charge on any atom is -0.356 e. The number of aromatic amines is 1. The molecule has 1 fully saturated rings. The first-order chi connectivity index (χ1) is 12.4. The molecule has 140 valence electrons. The Kier molecular flexibility index (Phi) is 5.48. The standard InChI is InChI=1S/C19H25N3O3S/c1-3-15-6-8-16(9-7-15)14(2)21-26(24,25)17-12-18(20-13-17)19(23)22-10-4-5-11-22/h6-9,12-14,20-21H,3-5,10-11H2,1-2H3. The summed E-state index contributed by atoms with van der Waals surface area (Å²) in [6.45, 7) is 5.33. The van der Waals surface area contributed by atoms with E-state index in [0.717, 1.165) is 37.9 Å². The lowest BCUT2D eigenvalue weighted by molar-refractivity contribution is 0.0787. The summed E-state index contributed by atoms with van der Waals surface area (Å²) in [6, 6.07) is 8.93. The second-order valence-electron chi connectivity index (χ2n) is 6.69. The van der Waals surface area contributed by atoms with Crippen LogP contribution in [0.1, 0.15) is 54.3 Å². The number of sulfonamides is 1. The third kappa shape index (κ3) is 3.99. The minimum atomic E-state index is -3.71. The van der Waals surface area contributed by atoms with E-state index in [0.29, 0.717) is 5.69 Å². The van der Waals surface area contributed by atoms with Crippen molar-refractivity contribution in [2.24, 2.45) is 0 Å². The summed E-state index contributed by atoms with van der Waals surface area (Å²) < 4.78 is 28.0. The molecule has 1 amide bonds. The zero-order valence-corrected chi connectivity index (χ0v) is 16.0. The van der Waals surface area contributed by atoms with Gasteiger partial charge in [0.1, 0.15) is 10.6 Å². The molecule has 1 saturated heterocycles. The molecule has 1 aliphatic heterocycles. The number of rotatable bonds is 6. The van der Waals surface area contributed by atoms with Crippen molar-refractivity contribution in [2.75, 3.05) is 13.1 Å².